The van der Waals surface area contributed by atoms with Gasteiger partial charge in [-0.15, -0.1) is 13.2 Å². The third kappa shape index (κ3) is 7.31. The molecule has 1 unspecified atom stereocenters. The summed E-state index contributed by atoms with van der Waals surface area (Å²) >= 11 is 3.75. The van der Waals surface area contributed by atoms with E-state index >= 15 is 0 Å². The standard InChI is InChI=1S/C38H52BrN3O8/c1-5-8-19-29(44)40-28(23-48-4)32(24-15-11-9-12-16-24)49-37(47)30-31-35(45)42(25(7-3)22-43)34(38(31)21-27(39)33(30)50-38)36(46)41(20-6-2)26-17-13-10-14-18-26/h5-6,9,11-12,15-16,25-28,30-34,43H,1-2,7-8,10,13-14,17-23H2,3-4H3,(H,40,44)/t25-,27?,28-,30-,31+,32-,33-,34-,38+/m0/s1. The van der Waals surface area contributed by atoms with Gasteiger partial charge in [0.1, 0.15) is 17.7 Å². The van der Waals surface area contributed by atoms with Crippen molar-refractivity contribution < 1.29 is 38.5 Å². The molecule has 3 amide bonds. The minimum absolute atomic E-state index is 0.000950. The summed E-state index contributed by atoms with van der Waals surface area (Å²) in [7, 11) is 1.51. The number of methoxy groups -OCH3 is 1. The number of allylic oxidation sites excluding steroid dienone is 1. The number of hydrogen-bond acceptors (Lipinski definition) is 8. The van der Waals surface area contributed by atoms with E-state index in [2.05, 4.69) is 34.4 Å². The lowest BCUT2D eigenvalue weighted by atomic mass is 9.70. The Bertz CT molecular complexity index is 1390. The molecule has 2 N–H and O–H groups in total. The molecule has 11 nitrogen and oxygen atoms in total. The van der Waals surface area contributed by atoms with Gasteiger partial charge in [0.05, 0.1) is 43.2 Å². The quantitative estimate of drug-likeness (QED) is 0.137. The molecule has 5 rings (SSSR count). The summed E-state index contributed by atoms with van der Waals surface area (Å²) in [6.07, 6.45) is 8.00. The third-order valence-corrected chi connectivity index (χ3v) is 11.8. The first-order valence-corrected chi connectivity index (χ1v) is 18.9. The van der Waals surface area contributed by atoms with Gasteiger partial charge in [-0.3, -0.25) is 19.2 Å². The summed E-state index contributed by atoms with van der Waals surface area (Å²) in [6.45, 7) is 9.53. The van der Waals surface area contributed by atoms with E-state index in [4.69, 9.17) is 14.2 Å². The van der Waals surface area contributed by atoms with Crippen LogP contribution in [0.1, 0.15) is 76.4 Å². The van der Waals surface area contributed by atoms with Gasteiger partial charge < -0.3 is 34.4 Å². The van der Waals surface area contributed by atoms with Crippen molar-refractivity contribution in [3.05, 3.63) is 61.2 Å². The predicted octanol–water partition coefficient (Wildman–Crippen LogP) is 4.23. The fraction of sp³-hybridized carbons (Fsp3) is 0.632. The number of aliphatic hydroxyl groups is 1. The summed E-state index contributed by atoms with van der Waals surface area (Å²) in [5.41, 5.74) is -0.659. The Labute approximate surface area is 303 Å². The molecule has 4 aliphatic rings. The zero-order valence-electron chi connectivity index (χ0n) is 29.2. The maximum atomic E-state index is 14.9. The van der Waals surface area contributed by atoms with Gasteiger partial charge in [0, 0.05) is 30.9 Å². The molecule has 1 aromatic rings. The fourth-order valence-electron chi connectivity index (χ4n) is 8.66. The Morgan fingerprint density at radius 1 is 1.18 bits per heavy atom. The van der Waals surface area contributed by atoms with Crippen molar-refractivity contribution in [2.45, 2.75) is 112 Å². The topological polar surface area (TPSA) is 135 Å². The lowest BCUT2D eigenvalue weighted by Gasteiger charge is -2.42. The van der Waals surface area contributed by atoms with Crippen LogP contribution in [-0.4, -0.2) is 106 Å². The highest BCUT2D eigenvalue weighted by Crippen LogP contribution is 2.61. The first-order valence-electron chi connectivity index (χ1n) is 18.0. The number of halogens is 1. The zero-order chi connectivity index (χ0) is 36.0. The number of amides is 3. The molecular formula is C38H52BrN3O8. The molecule has 3 heterocycles. The SMILES string of the molecule is C=CCCC(=O)N[C@@H](COC)[C@@H](OC(=O)[C@@H]1[C@H]2O[C@@]3(CC2Br)[C@H](C(=O)N(CC=C)C2CCCCC2)N([C@@H](CC)CO)C(=O)[C@@H]13)c1ccccc1. The second-order valence-corrected chi connectivity index (χ2v) is 15.1. The van der Waals surface area contributed by atoms with E-state index < -0.39 is 59.6 Å². The average Bonchev–Trinajstić information content (AvgIpc) is 3.72. The highest BCUT2D eigenvalue weighted by atomic mass is 79.9. The minimum atomic E-state index is -1.31. The second-order valence-electron chi connectivity index (χ2n) is 13.9. The van der Waals surface area contributed by atoms with Gasteiger partial charge in [0.15, 0.2) is 0 Å². The molecule has 9 atom stereocenters. The van der Waals surface area contributed by atoms with E-state index in [1.807, 2.05) is 42.2 Å². The van der Waals surface area contributed by atoms with Crippen LogP contribution in [0.2, 0.25) is 0 Å². The molecule has 4 fully saturated rings. The molecule has 3 aliphatic heterocycles. The number of benzene rings is 1. The highest BCUT2D eigenvalue weighted by molar-refractivity contribution is 9.09. The molecule has 1 aliphatic carbocycles. The number of rotatable bonds is 17. The second kappa shape index (κ2) is 17.0. The van der Waals surface area contributed by atoms with Crippen LogP contribution in [0.15, 0.2) is 55.6 Å². The largest absolute Gasteiger partial charge is 0.455 e. The molecule has 1 aromatic carbocycles. The van der Waals surface area contributed by atoms with E-state index in [9.17, 15) is 24.3 Å². The number of carbonyl (C=O) groups is 4. The van der Waals surface area contributed by atoms with E-state index in [-0.39, 0.29) is 42.3 Å². The first kappa shape index (κ1) is 38.2. The number of alkyl halides is 1. The molecule has 1 spiro atoms. The van der Waals surface area contributed by atoms with E-state index in [1.165, 1.54) is 12.0 Å². The van der Waals surface area contributed by atoms with Crippen LogP contribution in [0.4, 0.5) is 0 Å². The molecule has 0 aromatic heterocycles. The van der Waals surface area contributed by atoms with Crippen molar-refractivity contribution in [3.63, 3.8) is 0 Å². The Morgan fingerprint density at radius 2 is 1.90 bits per heavy atom. The number of nitrogens with one attached hydrogen (secondary N) is 1. The normalized spacial score (nSPS) is 29.2. The van der Waals surface area contributed by atoms with Crippen molar-refractivity contribution in [3.8, 4) is 0 Å². The van der Waals surface area contributed by atoms with E-state index in [0.717, 1.165) is 32.1 Å². The summed E-state index contributed by atoms with van der Waals surface area (Å²) in [5.74, 6) is -3.57. The molecule has 50 heavy (non-hydrogen) atoms. The maximum absolute atomic E-state index is 14.9. The van der Waals surface area contributed by atoms with Crippen molar-refractivity contribution in [2.75, 3.05) is 26.9 Å². The number of likely N-dealkylation sites (tertiary alicyclic amines) is 1. The van der Waals surface area contributed by atoms with Crippen molar-refractivity contribution in [2.24, 2.45) is 11.8 Å². The number of nitrogens with zero attached hydrogens (tertiary/aromatic N) is 2. The van der Waals surface area contributed by atoms with E-state index in [1.54, 1.807) is 12.2 Å². The first-order chi connectivity index (χ1) is 24.2. The highest BCUT2D eigenvalue weighted by Gasteiger charge is 2.77. The Kier molecular flexibility index (Phi) is 13.0. The molecule has 3 saturated heterocycles. The van der Waals surface area contributed by atoms with Gasteiger partial charge in [0.2, 0.25) is 17.7 Å². The smallest absolute Gasteiger partial charge is 0.313 e. The predicted molar refractivity (Wildman–Crippen MR) is 191 cm³/mol. The summed E-state index contributed by atoms with van der Waals surface area (Å²) in [6, 6.07) is 6.70. The number of hydrogen-bond donors (Lipinski definition) is 2. The summed E-state index contributed by atoms with van der Waals surface area (Å²) < 4.78 is 18.6. The number of esters is 1. The van der Waals surface area contributed by atoms with Gasteiger partial charge in [-0.2, -0.15) is 0 Å². The van der Waals surface area contributed by atoms with Crippen LogP contribution >= 0.6 is 15.9 Å². The van der Waals surface area contributed by atoms with Gasteiger partial charge in [0.25, 0.3) is 0 Å². The minimum Gasteiger partial charge on any atom is -0.455 e. The van der Waals surface area contributed by atoms with Gasteiger partial charge >= 0.3 is 5.97 Å². The Morgan fingerprint density at radius 3 is 2.52 bits per heavy atom. The van der Waals surface area contributed by atoms with Crippen LogP contribution < -0.4 is 5.32 Å². The summed E-state index contributed by atoms with van der Waals surface area (Å²) in [5, 5.41) is 13.5. The number of aliphatic hydroxyl groups excluding tert-OH is 1. The lowest BCUT2D eigenvalue weighted by Crippen LogP contribution is -2.60. The maximum Gasteiger partial charge on any atom is 0.313 e. The average molecular weight is 759 g/mol. The van der Waals surface area contributed by atoms with Crippen molar-refractivity contribution >= 4 is 39.6 Å². The van der Waals surface area contributed by atoms with Crippen molar-refractivity contribution in [1.29, 1.82) is 0 Å². The van der Waals surface area contributed by atoms with Crippen LogP contribution in [-0.2, 0) is 33.4 Å². The van der Waals surface area contributed by atoms with E-state index in [0.29, 0.717) is 31.4 Å². The molecule has 0 radical (unpaired) electrons. The fourth-order valence-corrected chi connectivity index (χ4v) is 9.60. The monoisotopic (exact) mass is 757 g/mol. The number of ether oxygens (including phenoxy) is 3. The van der Waals surface area contributed by atoms with Crippen LogP contribution in [0.3, 0.4) is 0 Å². The molecular weight excluding hydrogens is 706 g/mol. The molecule has 274 valence electrons. The van der Waals surface area contributed by atoms with Crippen LogP contribution in [0.25, 0.3) is 0 Å². The third-order valence-electron chi connectivity index (χ3n) is 10.9. The van der Waals surface area contributed by atoms with Gasteiger partial charge in [-0.05, 0) is 37.7 Å². The van der Waals surface area contributed by atoms with Gasteiger partial charge in [-0.25, -0.2) is 0 Å². The summed E-state index contributed by atoms with van der Waals surface area (Å²) in [4.78, 5) is 60.0. The van der Waals surface area contributed by atoms with Gasteiger partial charge in [-0.1, -0.05) is 84.6 Å². The van der Waals surface area contributed by atoms with Crippen LogP contribution in [0, 0.1) is 11.8 Å². The molecule has 1 saturated carbocycles. The Balaban J connectivity index is 1.52. The Hall–Kier alpha value is -3.06. The van der Waals surface area contributed by atoms with Crippen molar-refractivity contribution in [1.82, 2.24) is 15.1 Å². The molecule has 12 heteroatoms. The van der Waals surface area contributed by atoms with Crippen LogP contribution in [0.5, 0.6) is 0 Å². The lowest BCUT2D eigenvalue weighted by molar-refractivity contribution is -0.163. The number of fused-ring (bicyclic) bond motifs is 1. The zero-order valence-corrected chi connectivity index (χ0v) is 30.8. The number of carbonyl (C=O) groups excluding carboxylic acids is 4. The molecule has 2 bridgehead atoms.